The van der Waals surface area contributed by atoms with E-state index in [-0.39, 0.29) is 11.8 Å². The summed E-state index contributed by atoms with van der Waals surface area (Å²) in [6.07, 6.45) is 9.09. The highest BCUT2D eigenvalue weighted by Crippen LogP contribution is 2.28. The molecule has 0 saturated carbocycles. The maximum atomic E-state index is 12.8. The highest BCUT2D eigenvalue weighted by atomic mass is 32.1. The van der Waals surface area contributed by atoms with Crippen LogP contribution in [0.5, 0.6) is 0 Å². The van der Waals surface area contributed by atoms with Gasteiger partial charge in [-0.25, -0.2) is 15.0 Å². The van der Waals surface area contributed by atoms with Crippen molar-refractivity contribution in [1.29, 1.82) is 0 Å². The summed E-state index contributed by atoms with van der Waals surface area (Å²) in [5, 5.41) is 0. The van der Waals surface area contributed by atoms with Crippen LogP contribution in [0, 0.1) is 6.92 Å². The topological polar surface area (TPSA) is 76.8 Å². The molecule has 0 N–H and O–H groups in total. The van der Waals surface area contributed by atoms with Crippen molar-refractivity contribution < 1.29 is 4.79 Å². The lowest BCUT2D eigenvalue weighted by Crippen LogP contribution is -2.39. The first kappa shape index (κ1) is 16.8. The van der Waals surface area contributed by atoms with Crippen LogP contribution in [0.1, 0.15) is 39.8 Å². The van der Waals surface area contributed by atoms with Gasteiger partial charge in [0.25, 0.3) is 5.91 Å². The zero-order valence-corrected chi connectivity index (χ0v) is 15.6. The first-order valence-electron chi connectivity index (χ1n) is 8.61. The van der Waals surface area contributed by atoms with Crippen LogP contribution in [0.2, 0.25) is 0 Å². The molecule has 0 aliphatic carbocycles. The molecule has 0 spiro atoms. The Morgan fingerprint density at radius 1 is 1.27 bits per heavy atom. The molecular weight excluding hydrogens is 348 g/mol. The third kappa shape index (κ3) is 3.12. The van der Waals surface area contributed by atoms with Gasteiger partial charge < -0.3 is 9.47 Å². The summed E-state index contributed by atoms with van der Waals surface area (Å²) in [7, 11) is 1.94. The Bertz CT molecular complexity index is 933. The van der Waals surface area contributed by atoms with Gasteiger partial charge in [0, 0.05) is 32.3 Å². The van der Waals surface area contributed by atoms with Crippen molar-refractivity contribution in [2.45, 2.75) is 25.7 Å². The van der Waals surface area contributed by atoms with Crippen molar-refractivity contribution in [3.8, 4) is 11.4 Å². The normalized spacial score (nSPS) is 17.5. The van der Waals surface area contributed by atoms with Crippen LogP contribution in [0.15, 0.2) is 30.4 Å². The number of imidazole rings is 1. The minimum Gasteiger partial charge on any atom is -0.337 e. The smallest absolute Gasteiger partial charge is 0.265 e. The van der Waals surface area contributed by atoms with E-state index in [0.29, 0.717) is 6.54 Å². The minimum atomic E-state index is 0.0745. The van der Waals surface area contributed by atoms with Crippen LogP contribution < -0.4 is 0 Å². The van der Waals surface area contributed by atoms with Crippen LogP contribution in [-0.4, -0.2) is 48.4 Å². The summed E-state index contributed by atoms with van der Waals surface area (Å²) in [4.78, 5) is 33.0. The molecule has 1 saturated heterocycles. The lowest BCUT2D eigenvalue weighted by Gasteiger charge is -2.32. The first-order chi connectivity index (χ1) is 12.6. The number of rotatable bonds is 3. The molecule has 4 rings (SSSR count). The second kappa shape index (κ2) is 6.95. The SMILES string of the molecule is Cc1ncsc1C(=O)N1CCCC(c2cncc(-c3cncn3C)n2)C1. The van der Waals surface area contributed by atoms with Crippen molar-refractivity contribution in [2.24, 2.45) is 7.05 Å². The summed E-state index contributed by atoms with van der Waals surface area (Å²) in [5.74, 6) is 0.270. The van der Waals surface area contributed by atoms with Crippen LogP contribution in [0.25, 0.3) is 11.4 Å². The van der Waals surface area contributed by atoms with E-state index in [2.05, 4.69) is 15.0 Å². The number of nitrogens with zero attached hydrogens (tertiary/aromatic N) is 6. The molecule has 26 heavy (non-hydrogen) atoms. The van der Waals surface area contributed by atoms with E-state index in [4.69, 9.17) is 4.98 Å². The molecule has 1 fully saturated rings. The summed E-state index contributed by atoms with van der Waals surface area (Å²) < 4.78 is 1.93. The molecule has 1 amide bonds. The fraction of sp³-hybridized carbons (Fsp3) is 0.389. The second-order valence-corrected chi connectivity index (χ2v) is 7.43. The van der Waals surface area contributed by atoms with Gasteiger partial charge >= 0.3 is 0 Å². The highest BCUT2D eigenvalue weighted by molar-refractivity contribution is 7.11. The average molecular weight is 368 g/mol. The molecule has 8 heteroatoms. The van der Waals surface area contributed by atoms with E-state index >= 15 is 0 Å². The summed E-state index contributed by atoms with van der Waals surface area (Å²) in [6.45, 7) is 3.33. The van der Waals surface area contributed by atoms with Gasteiger partial charge in [-0.05, 0) is 19.8 Å². The summed E-state index contributed by atoms with van der Waals surface area (Å²) in [5.41, 5.74) is 5.21. The summed E-state index contributed by atoms with van der Waals surface area (Å²) >= 11 is 1.41. The molecule has 1 unspecified atom stereocenters. The van der Waals surface area contributed by atoms with Gasteiger partial charge in [-0.3, -0.25) is 9.78 Å². The van der Waals surface area contributed by atoms with Crippen molar-refractivity contribution in [3.63, 3.8) is 0 Å². The monoisotopic (exact) mass is 368 g/mol. The number of hydrogen-bond donors (Lipinski definition) is 0. The third-order valence-corrected chi connectivity index (χ3v) is 5.72. The molecule has 1 aliphatic heterocycles. The van der Waals surface area contributed by atoms with E-state index < -0.39 is 0 Å². The maximum Gasteiger partial charge on any atom is 0.265 e. The van der Waals surface area contributed by atoms with Crippen molar-refractivity contribution in [3.05, 3.63) is 46.7 Å². The van der Waals surface area contributed by atoms with Gasteiger partial charge in [0.05, 0.1) is 41.3 Å². The van der Waals surface area contributed by atoms with E-state index in [1.54, 1.807) is 24.2 Å². The van der Waals surface area contributed by atoms with Gasteiger partial charge in [0.2, 0.25) is 0 Å². The number of aryl methyl sites for hydroxylation is 2. The molecule has 7 nitrogen and oxygen atoms in total. The Morgan fingerprint density at radius 2 is 2.15 bits per heavy atom. The Kier molecular flexibility index (Phi) is 4.50. The van der Waals surface area contributed by atoms with Gasteiger partial charge in [-0.2, -0.15) is 0 Å². The number of carbonyl (C=O) groups excluding carboxylic acids is 1. The molecule has 3 aromatic heterocycles. The Morgan fingerprint density at radius 3 is 2.88 bits per heavy atom. The Balaban J connectivity index is 1.56. The van der Waals surface area contributed by atoms with Gasteiger partial charge in [0.15, 0.2) is 0 Å². The molecule has 0 radical (unpaired) electrons. The number of carbonyl (C=O) groups is 1. The van der Waals surface area contributed by atoms with Gasteiger partial charge in [-0.1, -0.05) is 0 Å². The van der Waals surface area contributed by atoms with Crippen LogP contribution >= 0.6 is 11.3 Å². The molecular formula is C18H20N6OS. The van der Waals surface area contributed by atoms with E-state index in [1.807, 2.05) is 29.6 Å². The fourth-order valence-corrected chi connectivity index (χ4v) is 4.13. The van der Waals surface area contributed by atoms with Gasteiger partial charge in [-0.15, -0.1) is 11.3 Å². The third-order valence-electron chi connectivity index (χ3n) is 4.80. The van der Waals surface area contributed by atoms with Crippen LogP contribution in [0.3, 0.4) is 0 Å². The number of amides is 1. The molecule has 1 atom stereocenters. The maximum absolute atomic E-state index is 12.8. The largest absolute Gasteiger partial charge is 0.337 e. The zero-order chi connectivity index (χ0) is 18.1. The van der Waals surface area contributed by atoms with Gasteiger partial charge in [0.1, 0.15) is 10.6 Å². The van der Waals surface area contributed by atoms with Crippen LogP contribution in [-0.2, 0) is 7.05 Å². The van der Waals surface area contributed by atoms with E-state index in [0.717, 1.165) is 47.0 Å². The molecule has 134 valence electrons. The molecule has 4 heterocycles. The zero-order valence-electron chi connectivity index (χ0n) is 14.8. The number of likely N-dealkylation sites (tertiary alicyclic amines) is 1. The van der Waals surface area contributed by atoms with Crippen molar-refractivity contribution in [2.75, 3.05) is 13.1 Å². The van der Waals surface area contributed by atoms with E-state index in [9.17, 15) is 4.79 Å². The highest BCUT2D eigenvalue weighted by Gasteiger charge is 2.28. The van der Waals surface area contributed by atoms with Crippen molar-refractivity contribution in [1.82, 2.24) is 29.4 Å². The lowest BCUT2D eigenvalue weighted by atomic mass is 9.94. The standard InChI is InChI=1S/C18H20N6OS/c1-12-17(26-11-21-12)18(25)24-5-3-4-13(9-24)14-6-19-7-15(22-14)16-8-20-10-23(16)2/h6-8,10-11,13H,3-5,9H2,1-2H3. The Hall–Kier alpha value is -2.61. The number of aromatic nitrogens is 5. The molecule has 0 aromatic carbocycles. The first-order valence-corrected chi connectivity index (χ1v) is 9.49. The fourth-order valence-electron chi connectivity index (χ4n) is 3.36. The average Bonchev–Trinajstić information content (AvgIpc) is 3.29. The quantitative estimate of drug-likeness (QED) is 0.710. The van der Waals surface area contributed by atoms with E-state index in [1.165, 1.54) is 11.3 Å². The molecule has 3 aromatic rings. The predicted octanol–water partition coefficient (Wildman–Crippen LogP) is 2.66. The number of thiazole rings is 1. The molecule has 0 bridgehead atoms. The van der Waals surface area contributed by atoms with Crippen LogP contribution in [0.4, 0.5) is 0 Å². The lowest BCUT2D eigenvalue weighted by molar-refractivity contribution is 0.0710. The number of hydrogen-bond acceptors (Lipinski definition) is 6. The second-order valence-electron chi connectivity index (χ2n) is 6.58. The minimum absolute atomic E-state index is 0.0745. The molecule has 1 aliphatic rings. The number of piperidine rings is 1. The van der Waals surface area contributed by atoms with Crippen molar-refractivity contribution >= 4 is 17.2 Å². The Labute approximate surface area is 155 Å². The predicted molar refractivity (Wildman–Crippen MR) is 99.0 cm³/mol. The summed E-state index contributed by atoms with van der Waals surface area (Å²) in [6, 6.07) is 0.